The van der Waals surface area contributed by atoms with Gasteiger partial charge in [0.2, 0.25) is 11.8 Å². The molecule has 1 aliphatic heterocycles. The summed E-state index contributed by atoms with van der Waals surface area (Å²) in [5, 5.41) is 5.98. The van der Waals surface area contributed by atoms with Gasteiger partial charge in [-0.15, -0.1) is 0 Å². The van der Waals surface area contributed by atoms with Crippen molar-refractivity contribution in [3.8, 4) is 0 Å². The second-order valence-corrected chi connectivity index (χ2v) is 11.6. The van der Waals surface area contributed by atoms with Gasteiger partial charge in [-0.25, -0.2) is 9.59 Å². The number of carbonyl (C=O) groups is 4. The minimum absolute atomic E-state index is 0.0196. The van der Waals surface area contributed by atoms with Crippen LogP contribution in [0, 0.1) is 11.3 Å². The van der Waals surface area contributed by atoms with Gasteiger partial charge < -0.3 is 30.6 Å². The van der Waals surface area contributed by atoms with Gasteiger partial charge in [0.15, 0.2) is 5.76 Å². The van der Waals surface area contributed by atoms with E-state index in [1.807, 2.05) is 46.8 Å². The fraction of sp³-hybridized carbons (Fsp3) is 0.484. The molecule has 42 heavy (non-hydrogen) atoms. The molecule has 1 rings (SSSR count). The molecule has 0 aromatic carbocycles. The molecule has 1 aliphatic rings. The number of carbonyl (C=O) groups excluding carboxylic acids is 4. The first-order valence-corrected chi connectivity index (χ1v) is 14.0. The van der Waals surface area contributed by atoms with Crippen molar-refractivity contribution in [2.45, 2.75) is 79.1 Å². The number of allylic oxidation sites excluding steroid dienone is 5. The third kappa shape index (κ3) is 14.2. The first-order chi connectivity index (χ1) is 19.6. The molecule has 4 unspecified atom stereocenters. The Labute approximate surface area is 253 Å². The van der Waals surface area contributed by atoms with E-state index < -0.39 is 41.4 Å². The molecule has 0 bridgehead atoms. The fourth-order valence-electron chi connectivity index (χ4n) is 3.93. The number of nitrogens with one attached hydrogen (secondary N) is 2. The Morgan fingerprint density at radius 2 is 1.86 bits per heavy atom. The summed E-state index contributed by atoms with van der Waals surface area (Å²) in [6.45, 7) is 11.1. The molecule has 0 aromatic rings. The van der Waals surface area contributed by atoms with Gasteiger partial charge in [-0.1, -0.05) is 81.3 Å². The lowest BCUT2D eigenvalue weighted by Crippen LogP contribution is -2.52. The Balaban J connectivity index is 2.70. The van der Waals surface area contributed by atoms with Gasteiger partial charge in [0.25, 0.3) is 0 Å². The summed E-state index contributed by atoms with van der Waals surface area (Å²) in [6, 6.07) is -0.823. The van der Waals surface area contributed by atoms with Crippen LogP contribution >= 0.6 is 11.6 Å². The van der Waals surface area contributed by atoms with Crippen LogP contribution in [0.25, 0.3) is 0 Å². The summed E-state index contributed by atoms with van der Waals surface area (Å²) in [4.78, 5) is 48.5. The van der Waals surface area contributed by atoms with Crippen molar-refractivity contribution in [1.82, 2.24) is 10.6 Å². The number of cyclic esters (lactones) is 1. The summed E-state index contributed by atoms with van der Waals surface area (Å²) in [7, 11) is 1.43. The minimum Gasteiger partial charge on any atom is -0.490 e. The summed E-state index contributed by atoms with van der Waals surface area (Å²) >= 11 is 5.84. The molecule has 0 saturated heterocycles. The summed E-state index contributed by atoms with van der Waals surface area (Å²) in [5.74, 6) is -1.10. The second kappa shape index (κ2) is 17.9. The molecule has 3 amide bonds. The molecule has 0 spiro atoms. The van der Waals surface area contributed by atoms with Crippen LogP contribution in [0.5, 0.6) is 0 Å². The van der Waals surface area contributed by atoms with Gasteiger partial charge in [0.1, 0.15) is 18.2 Å². The number of hydrogen-bond donors (Lipinski definition) is 3. The molecule has 10 nitrogen and oxygen atoms in total. The van der Waals surface area contributed by atoms with Crippen LogP contribution in [-0.4, -0.2) is 49.2 Å². The van der Waals surface area contributed by atoms with E-state index in [2.05, 4.69) is 10.6 Å². The zero-order valence-electron chi connectivity index (χ0n) is 25.4. The van der Waals surface area contributed by atoms with Crippen molar-refractivity contribution in [2.24, 2.45) is 17.1 Å². The number of rotatable bonds is 14. The van der Waals surface area contributed by atoms with E-state index in [0.29, 0.717) is 24.3 Å². The molecular formula is C31H44ClN3O7. The van der Waals surface area contributed by atoms with E-state index in [4.69, 9.17) is 31.5 Å². The van der Waals surface area contributed by atoms with Crippen molar-refractivity contribution in [3.05, 3.63) is 71.2 Å². The zero-order valence-corrected chi connectivity index (χ0v) is 26.2. The molecule has 11 heteroatoms. The highest BCUT2D eigenvalue weighted by Crippen LogP contribution is 2.23. The molecule has 0 saturated carbocycles. The third-order valence-corrected chi connectivity index (χ3v) is 6.30. The Hall–Kier alpha value is -3.79. The van der Waals surface area contributed by atoms with Gasteiger partial charge in [0, 0.05) is 36.3 Å². The quantitative estimate of drug-likeness (QED) is 0.142. The highest BCUT2D eigenvalue weighted by Gasteiger charge is 2.32. The van der Waals surface area contributed by atoms with Crippen LogP contribution in [0.1, 0.15) is 60.8 Å². The summed E-state index contributed by atoms with van der Waals surface area (Å²) < 4.78 is 15.5. The molecule has 1 heterocycles. The molecule has 232 valence electrons. The Kier molecular flexibility index (Phi) is 15.4. The number of primary amides is 1. The lowest BCUT2D eigenvalue weighted by atomic mass is 9.86. The smallest absolute Gasteiger partial charge is 0.404 e. The average Bonchev–Trinajstić information content (AvgIpc) is 2.89. The first kappa shape index (κ1) is 36.2. The number of halogens is 1. The number of esters is 1. The van der Waals surface area contributed by atoms with Crippen molar-refractivity contribution in [2.75, 3.05) is 7.11 Å². The maximum atomic E-state index is 12.9. The maximum absolute atomic E-state index is 12.9. The number of hydrogen-bond acceptors (Lipinski definition) is 7. The third-order valence-electron chi connectivity index (χ3n) is 6.15. The van der Waals surface area contributed by atoms with Crippen LogP contribution in [0.3, 0.4) is 0 Å². The zero-order chi connectivity index (χ0) is 31.9. The van der Waals surface area contributed by atoms with E-state index in [9.17, 15) is 19.2 Å². The molecule has 0 aromatic heterocycles. The van der Waals surface area contributed by atoms with Gasteiger partial charge in [-0.3, -0.25) is 9.59 Å². The molecule has 4 atom stereocenters. The first-order valence-electron chi connectivity index (χ1n) is 13.7. The Morgan fingerprint density at radius 1 is 1.19 bits per heavy atom. The predicted octanol–water partition coefficient (Wildman–Crippen LogP) is 5.07. The second-order valence-electron chi connectivity index (χ2n) is 11.0. The number of methoxy groups -OCH3 is 1. The monoisotopic (exact) mass is 605 g/mol. The van der Waals surface area contributed by atoms with Gasteiger partial charge in [-0.05, 0) is 31.5 Å². The Morgan fingerprint density at radius 3 is 2.43 bits per heavy atom. The SMILES string of the molecule is COC1=CCC(C(C)/C=C(C)/C=C/C=C/C(=O)NC(C(=O)N/C=C\CC(C/C=C(\C)Cl)OC(N)=O)C(C)(C)C)OC1=O. The molecule has 4 N–H and O–H groups in total. The van der Waals surface area contributed by atoms with Crippen LogP contribution < -0.4 is 16.4 Å². The highest BCUT2D eigenvalue weighted by molar-refractivity contribution is 6.29. The number of ether oxygens (including phenoxy) is 3. The largest absolute Gasteiger partial charge is 0.490 e. The summed E-state index contributed by atoms with van der Waals surface area (Å²) in [5.41, 5.74) is 5.48. The normalized spacial score (nSPS) is 18.8. The van der Waals surface area contributed by atoms with Gasteiger partial charge in [0.05, 0.1) is 7.11 Å². The lowest BCUT2D eigenvalue weighted by molar-refractivity contribution is -0.151. The maximum Gasteiger partial charge on any atom is 0.404 e. The summed E-state index contributed by atoms with van der Waals surface area (Å²) in [6.07, 6.45) is 14.5. The highest BCUT2D eigenvalue weighted by atomic mass is 35.5. The standard InChI is InChI=1S/C31H44ClN3O7/c1-20(19-21(2)24-16-17-25(40-7)29(38)42-24)11-8-9-13-26(36)35-27(31(4,5)6)28(37)34-18-10-12-23(41-30(33)39)15-14-22(3)32/h8-11,13-14,17-19,21,23-24,27H,12,15-16H2,1-7H3,(H2,33,39)(H,34,37)(H,35,36)/b11-8+,13-9+,18-10-,20-19+,22-14+. The van der Waals surface area contributed by atoms with Crippen molar-refractivity contribution < 1.29 is 33.4 Å². The van der Waals surface area contributed by atoms with Crippen molar-refractivity contribution in [3.63, 3.8) is 0 Å². The topological polar surface area (TPSA) is 146 Å². The number of nitrogens with two attached hydrogens (primary N) is 1. The van der Waals surface area contributed by atoms with E-state index >= 15 is 0 Å². The average molecular weight is 606 g/mol. The van der Waals surface area contributed by atoms with E-state index in [1.54, 1.807) is 37.3 Å². The van der Waals surface area contributed by atoms with Crippen LogP contribution in [-0.2, 0) is 28.6 Å². The van der Waals surface area contributed by atoms with Crippen LogP contribution in [0.15, 0.2) is 71.2 Å². The van der Waals surface area contributed by atoms with Gasteiger partial charge in [-0.2, -0.15) is 0 Å². The lowest BCUT2D eigenvalue weighted by Gasteiger charge is -2.29. The molecule has 0 radical (unpaired) electrons. The molecule has 0 fully saturated rings. The fourth-order valence-corrected chi connectivity index (χ4v) is 4.02. The van der Waals surface area contributed by atoms with Gasteiger partial charge >= 0.3 is 12.1 Å². The van der Waals surface area contributed by atoms with Crippen LogP contribution in [0.4, 0.5) is 4.79 Å². The Bertz CT molecular complexity index is 1140. The minimum atomic E-state index is -0.900. The molecule has 0 aliphatic carbocycles. The van der Waals surface area contributed by atoms with Crippen molar-refractivity contribution >= 4 is 35.5 Å². The van der Waals surface area contributed by atoms with E-state index in [1.165, 1.54) is 19.4 Å². The van der Waals surface area contributed by atoms with E-state index in [0.717, 1.165) is 5.57 Å². The van der Waals surface area contributed by atoms with E-state index in [-0.39, 0.29) is 17.8 Å². The molecular weight excluding hydrogens is 562 g/mol. The number of amides is 3. The van der Waals surface area contributed by atoms with Crippen LogP contribution in [0.2, 0.25) is 0 Å². The van der Waals surface area contributed by atoms with Crippen molar-refractivity contribution in [1.29, 1.82) is 0 Å². The predicted molar refractivity (Wildman–Crippen MR) is 163 cm³/mol.